The summed E-state index contributed by atoms with van der Waals surface area (Å²) in [5, 5.41) is 5.16. The molecule has 9 aromatic carbocycles. The molecule has 4 aliphatic carbocycles. The first kappa shape index (κ1) is 35.1. The number of fused-ring (bicyclic) bond motifs is 14. The molecule has 13 rings (SSSR count). The van der Waals surface area contributed by atoms with Crippen LogP contribution in [0, 0.1) is 11.8 Å². The third kappa shape index (κ3) is 4.95. The number of benzene rings is 9. The summed E-state index contributed by atoms with van der Waals surface area (Å²) in [7, 11) is 0. The summed E-state index contributed by atoms with van der Waals surface area (Å²) in [4.78, 5) is 2.52. The van der Waals surface area contributed by atoms with Crippen LogP contribution in [0.2, 0.25) is 0 Å². The highest BCUT2D eigenvalue weighted by Gasteiger charge is 2.56. The predicted molar refractivity (Wildman–Crippen MR) is 256 cm³/mol. The van der Waals surface area contributed by atoms with Crippen molar-refractivity contribution in [1.82, 2.24) is 0 Å². The van der Waals surface area contributed by atoms with E-state index in [0.717, 1.165) is 11.6 Å². The summed E-state index contributed by atoms with van der Waals surface area (Å²) < 4.78 is 0. The fourth-order valence-electron chi connectivity index (χ4n) is 12.9. The van der Waals surface area contributed by atoms with Crippen LogP contribution in [0.15, 0.2) is 188 Å². The minimum absolute atomic E-state index is 0.103. The maximum atomic E-state index is 2.59. The summed E-state index contributed by atoms with van der Waals surface area (Å²) in [6.07, 6.45) is 5.35. The number of rotatable bonds is 5. The van der Waals surface area contributed by atoms with Crippen molar-refractivity contribution >= 4 is 38.6 Å². The Morgan fingerprint density at radius 2 is 1.08 bits per heavy atom. The summed E-state index contributed by atoms with van der Waals surface area (Å²) in [5.41, 5.74) is 20.1. The second-order valence-electron chi connectivity index (χ2n) is 18.8. The van der Waals surface area contributed by atoms with Gasteiger partial charge in [0, 0.05) is 27.9 Å². The standard InChI is InChI=1S/C60H47N/c1-59(2)55-22-7-5-17-52(55)54-21-11-19-48(58(54)59)41-13-9-14-44(35-41)61(43-29-25-40(26-30-43)47-18-10-20-49-46-15-4-3-12-39(46)27-32-50(47)49)45-31-33-53-51-16-6-8-23-56(51)60(57(53)36-45)37-38-24-28-42(60)34-38/h3-23,25-27,29-33,35-36,38,42H,24,28,34,37H2,1-2H3. The van der Waals surface area contributed by atoms with Gasteiger partial charge in [-0.25, -0.2) is 0 Å². The van der Waals surface area contributed by atoms with Crippen LogP contribution < -0.4 is 4.90 Å². The average Bonchev–Trinajstić information content (AvgIpc) is 4.06. The smallest absolute Gasteiger partial charge is 0.0467 e. The predicted octanol–water partition coefficient (Wildman–Crippen LogP) is 16.2. The zero-order valence-corrected chi connectivity index (χ0v) is 34.8. The molecule has 2 bridgehead atoms. The lowest BCUT2D eigenvalue weighted by Crippen LogP contribution is -2.32. The second-order valence-corrected chi connectivity index (χ2v) is 18.8. The molecule has 0 aliphatic heterocycles. The zero-order valence-electron chi connectivity index (χ0n) is 34.8. The first-order valence-corrected chi connectivity index (χ1v) is 22.4. The lowest BCUT2D eigenvalue weighted by Gasteiger charge is -2.37. The van der Waals surface area contributed by atoms with Gasteiger partial charge >= 0.3 is 0 Å². The molecule has 2 fully saturated rings. The average molecular weight is 782 g/mol. The Hall–Kier alpha value is -6.70. The van der Waals surface area contributed by atoms with Crippen molar-refractivity contribution in [2.24, 2.45) is 11.8 Å². The molecular weight excluding hydrogens is 735 g/mol. The highest BCUT2D eigenvalue weighted by molar-refractivity contribution is 6.12. The maximum absolute atomic E-state index is 2.59. The van der Waals surface area contributed by atoms with Crippen LogP contribution in [0.25, 0.3) is 66.1 Å². The number of anilines is 3. The monoisotopic (exact) mass is 781 g/mol. The molecule has 3 unspecified atom stereocenters. The summed E-state index contributed by atoms with van der Waals surface area (Å²) in [6, 6.07) is 71.4. The molecule has 9 aromatic rings. The molecule has 1 nitrogen and oxygen atoms in total. The first-order chi connectivity index (χ1) is 30.0. The third-order valence-corrected chi connectivity index (χ3v) is 15.5. The fourth-order valence-corrected chi connectivity index (χ4v) is 12.9. The summed E-state index contributed by atoms with van der Waals surface area (Å²) in [5.74, 6) is 1.53. The van der Waals surface area contributed by atoms with Crippen LogP contribution in [0.1, 0.15) is 61.8 Å². The summed E-state index contributed by atoms with van der Waals surface area (Å²) in [6.45, 7) is 4.79. The van der Waals surface area contributed by atoms with Gasteiger partial charge in [-0.15, -0.1) is 0 Å². The van der Waals surface area contributed by atoms with E-state index in [1.165, 1.54) is 114 Å². The highest BCUT2D eigenvalue weighted by atomic mass is 15.1. The van der Waals surface area contributed by atoms with Crippen molar-refractivity contribution in [1.29, 1.82) is 0 Å². The molecule has 4 aliphatic rings. The molecule has 0 radical (unpaired) electrons. The van der Waals surface area contributed by atoms with Crippen LogP contribution >= 0.6 is 0 Å². The van der Waals surface area contributed by atoms with Gasteiger partial charge in [0.15, 0.2) is 0 Å². The van der Waals surface area contributed by atoms with Crippen molar-refractivity contribution in [2.45, 2.75) is 50.4 Å². The van der Waals surface area contributed by atoms with Gasteiger partial charge in [0.2, 0.25) is 0 Å². The Balaban J connectivity index is 0.979. The van der Waals surface area contributed by atoms with Gasteiger partial charge < -0.3 is 4.90 Å². The molecule has 0 heterocycles. The van der Waals surface area contributed by atoms with Crippen LogP contribution in [0.3, 0.4) is 0 Å². The molecule has 2 saturated carbocycles. The van der Waals surface area contributed by atoms with E-state index in [0.29, 0.717) is 5.92 Å². The Labute approximate surface area is 359 Å². The van der Waals surface area contributed by atoms with E-state index in [9.17, 15) is 0 Å². The number of nitrogens with zero attached hydrogens (tertiary/aromatic N) is 1. The van der Waals surface area contributed by atoms with Crippen LogP contribution in [0.5, 0.6) is 0 Å². The second kappa shape index (κ2) is 12.9. The van der Waals surface area contributed by atoms with Crippen molar-refractivity contribution < 1.29 is 0 Å². The Kier molecular flexibility index (Phi) is 7.42. The van der Waals surface area contributed by atoms with Crippen LogP contribution in [-0.2, 0) is 10.8 Å². The van der Waals surface area contributed by atoms with Crippen LogP contribution in [0.4, 0.5) is 17.1 Å². The van der Waals surface area contributed by atoms with Gasteiger partial charge in [-0.3, -0.25) is 0 Å². The minimum Gasteiger partial charge on any atom is -0.310 e. The van der Waals surface area contributed by atoms with Crippen LogP contribution in [-0.4, -0.2) is 0 Å². The molecule has 0 aromatic heterocycles. The van der Waals surface area contributed by atoms with E-state index in [1.807, 2.05) is 0 Å². The molecule has 0 amide bonds. The van der Waals surface area contributed by atoms with Gasteiger partial charge in [0.1, 0.15) is 0 Å². The van der Waals surface area contributed by atoms with E-state index in [4.69, 9.17) is 0 Å². The first-order valence-electron chi connectivity index (χ1n) is 22.4. The lowest BCUT2D eigenvalue weighted by atomic mass is 9.67. The van der Waals surface area contributed by atoms with Gasteiger partial charge in [-0.2, -0.15) is 0 Å². The Bertz CT molecular complexity index is 3260. The molecule has 1 spiro atoms. The van der Waals surface area contributed by atoms with Gasteiger partial charge in [0.05, 0.1) is 0 Å². The van der Waals surface area contributed by atoms with E-state index >= 15 is 0 Å². The molecule has 292 valence electrons. The van der Waals surface area contributed by atoms with E-state index in [2.05, 4.69) is 207 Å². The summed E-state index contributed by atoms with van der Waals surface area (Å²) >= 11 is 0. The largest absolute Gasteiger partial charge is 0.310 e. The van der Waals surface area contributed by atoms with Crippen molar-refractivity contribution in [3.63, 3.8) is 0 Å². The van der Waals surface area contributed by atoms with Crippen molar-refractivity contribution in [3.05, 3.63) is 210 Å². The lowest BCUT2D eigenvalue weighted by molar-refractivity contribution is 0.327. The normalized spacial score (nSPS) is 19.9. The SMILES string of the molecule is CC1(C)c2ccccc2-c2cccc(-c3cccc(N(c4ccc(-c5cccc6c5ccc5ccccc56)cc4)c4ccc5c(c4)C4(CC6CCC4C6)c4ccccc4-5)c3)c21. The Morgan fingerprint density at radius 1 is 0.426 bits per heavy atom. The van der Waals surface area contributed by atoms with Gasteiger partial charge in [0.25, 0.3) is 0 Å². The molecule has 0 N–H and O–H groups in total. The Morgan fingerprint density at radius 3 is 1.92 bits per heavy atom. The maximum Gasteiger partial charge on any atom is 0.0467 e. The number of hydrogen-bond donors (Lipinski definition) is 0. The number of hydrogen-bond acceptors (Lipinski definition) is 1. The highest BCUT2D eigenvalue weighted by Crippen LogP contribution is 2.66. The van der Waals surface area contributed by atoms with Crippen molar-refractivity contribution in [3.8, 4) is 44.5 Å². The fraction of sp³-hybridized carbons (Fsp3) is 0.167. The molecular formula is C60H47N. The quantitative estimate of drug-likeness (QED) is 0.157. The minimum atomic E-state index is -0.105. The van der Waals surface area contributed by atoms with Gasteiger partial charge in [-0.1, -0.05) is 172 Å². The van der Waals surface area contributed by atoms with Gasteiger partial charge in [-0.05, 0) is 156 Å². The topological polar surface area (TPSA) is 3.24 Å². The molecule has 3 atom stereocenters. The van der Waals surface area contributed by atoms with E-state index in [-0.39, 0.29) is 10.8 Å². The van der Waals surface area contributed by atoms with Crippen molar-refractivity contribution in [2.75, 3.05) is 4.90 Å². The molecule has 0 saturated heterocycles. The zero-order chi connectivity index (χ0) is 40.5. The third-order valence-electron chi connectivity index (χ3n) is 15.5. The molecule has 61 heavy (non-hydrogen) atoms. The van der Waals surface area contributed by atoms with E-state index < -0.39 is 0 Å². The van der Waals surface area contributed by atoms with E-state index in [1.54, 1.807) is 11.1 Å². The molecule has 1 heteroatoms.